The lowest BCUT2D eigenvalue weighted by Crippen LogP contribution is -2.59. The molecule has 2 heterocycles. The number of piperazine rings is 1. The second-order valence-corrected chi connectivity index (χ2v) is 5.58. The third kappa shape index (κ3) is 3.49. The van der Waals surface area contributed by atoms with Gasteiger partial charge >= 0.3 is 0 Å². The molecule has 0 aromatic heterocycles. The minimum atomic E-state index is -0.597. The molecule has 2 aliphatic rings. The van der Waals surface area contributed by atoms with Gasteiger partial charge in [-0.2, -0.15) is 0 Å². The lowest BCUT2D eigenvalue weighted by molar-refractivity contribution is -0.160. The van der Waals surface area contributed by atoms with E-state index in [9.17, 15) is 4.79 Å². The predicted molar refractivity (Wildman–Crippen MR) is 76.7 cm³/mol. The van der Waals surface area contributed by atoms with Gasteiger partial charge in [-0.05, 0) is 25.9 Å². The van der Waals surface area contributed by atoms with E-state index in [0.717, 1.165) is 65.3 Å². The second kappa shape index (κ2) is 7.36. The Balaban J connectivity index is 1.87. The number of piperidine rings is 1. The number of carbonyl (C=O) groups is 1. The lowest BCUT2D eigenvalue weighted by Gasteiger charge is -2.42. The molecule has 0 unspecified atom stereocenters. The minimum Gasteiger partial charge on any atom is -0.383 e. The first-order valence-corrected chi connectivity index (χ1v) is 7.48. The van der Waals surface area contributed by atoms with Gasteiger partial charge in [0.1, 0.15) is 5.60 Å². The molecule has 20 heavy (non-hydrogen) atoms. The molecule has 2 saturated heterocycles. The van der Waals surface area contributed by atoms with Crippen molar-refractivity contribution in [1.29, 1.82) is 0 Å². The molecule has 2 rings (SSSR count). The maximum atomic E-state index is 12.8. The summed E-state index contributed by atoms with van der Waals surface area (Å²) < 4.78 is 10.7. The summed E-state index contributed by atoms with van der Waals surface area (Å²) in [5, 5.41) is 3.29. The number of nitrogens with zero attached hydrogens (tertiary/aromatic N) is 2. The fraction of sp³-hybridized carbons (Fsp3) is 0.929. The zero-order valence-electron chi connectivity index (χ0n) is 12.7. The molecule has 6 nitrogen and oxygen atoms in total. The van der Waals surface area contributed by atoms with Gasteiger partial charge in [0.25, 0.3) is 5.91 Å². The van der Waals surface area contributed by atoms with E-state index >= 15 is 0 Å². The zero-order chi connectivity index (χ0) is 14.4. The molecule has 2 fully saturated rings. The van der Waals surface area contributed by atoms with E-state index in [2.05, 4.69) is 10.2 Å². The summed E-state index contributed by atoms with van der Waals surface area (Å²) in [4.78, 5) is 17.1. The van der Waals surface area contributed by atoms with Crippen molar-refractivity contribution in [2.75, 3.05) is 66.6 Å². The van der Waals surface area contributed by atoms with Gasteiger partial charge in [-0.15, -0.1) is 0 Å². The van der Waals surface area contributed by atoms with Gasteiger partial charge in [-0.1, -0.05) is 0 Å². The Bertz CT molecular complexity index is 311. The quantitative estimate of drug-likeness (QED) is 0.741. The van der Waals surface area contributed by atoms with E-state index in [0.29, 0.717) is 0 Å². The molecule has 0 bridgehead atoms. The summed E-state index contributed by atoms with van der Waals surface area (Å²) in [6, 6.07) is 0. The third-order valence-corrected chi connectivity index (χ3v) is 4.46. The Labute approximate surface area is 121 Å². The fourth-order valence-corrected chi connectivity index (χ4v) is 3.02. The Hall–Kier alpha value is -0.690. The van der Waals surface area contributed by atoms with Crippen LogP contribution >= 0.6 is 0 Å². The molecule has 2 aliphatic heterocycles. The Morgan fingerprint density at radius 1 is 1.15 bits per heavy atom. The van der Waals surface area contributed by atoms with Crippen LogP contribution in [0.25, 0.3) is 0 Å². The molecule has 1 N–H and O–H groups in total. The number of methoxy groups -OCH3 is 2. The summed E-state index contributed by atoms with van der Waals surface area (Å²) in [6.07, 6.45) is 1.54. The van der Waals surface area contributed by atoms with Crippen molar-refractivity contribution in [3.8, 4) is 0 Å². The molecule has 0 radical (unpaired) electrons. The average Bonchev–Trinajstić information content (AvgIpc) is 2.53. The van der Waals surface area contributed by atoms with Gasteiger partial charge in [0.15, 0.2) is 0 Å². The van der Waals surface area contributed by atoms with Crippen molar-refractivity contribution >= 4 is 5.91 Å². The van der Waals surface area contributed by atoms with Crippen molar-refractivity contribution in [1.82, 2.24) is 15.1 Å². The molecule has 0 atom stereocenters. The van der Waals surface area contributed by atoms with Crippen LogP contribution in [0.5, 0.6) is 0 Å². The molecule has 0 aromatic carbocycles. The van der Waals surface area contributed by atoms with E-state index in [1.165, 1.54) is 0 Å². The average molecular weight is 285 g/mol. The number of rotatable bonds is 5. The van der Waals surface area contributed by atoms with Crippen LogP contribution in [0.15, 0.2) is 0 Å². The van der Waals surface area contributed by atoms with Crippen molar-refractivity contribution < 1.29 is 14.3 Å². The van der Waals surface area contributed by atoms with Crippen molar-refractivity contribution in [3.63, 3.8) is 0 Å². The standard InChI is InChI=1S/C14H27N3O3/c1-19-12-11-16-7-9-17(10-8-16)13(18)14(20-2)3-5-15-6-4-14/h15H,3-12H2,1-2H3. The molecular formula is C14H27N3O3. The van der Waals surface area contributed by atoms with Crippen LogP contribution in [0, 0.1) is 0 Å². The Morgan fingerprint density at radius 2 is 1.80 bits per heavy atom. The first-order valence-electron chi connectivity index (χ1n) is 7.48. The van der Waals surface area contributed by atoms with Crippen LogP contribution in [0.3, 0.4) is 0 Å². The normalized spacial score (nSPS) is 23.8. The molecule has 0 aromatic rings. The maximum absolute atomic E-state index is 12.8. The van der Waals surface area contributed by atoms with E-state index in [1.54, 1.807) is 14.2 Å². The highest BCUT2D eigenvalue weighted by molar-refractivity contribution is 5.85. The zero-order valence-corrected chi connectivity index (χ0v) is 12.7. The van der Waals surface area contributed by atoms with Gasteiger partial charge < -0.3 is 19.7 Å². The van der Waals surface area contributed by atoms with Crippen LogP contribution in [0.2, 0.25) is 0 Å². The fourth-order valence-electron chi connectivity index (χ4n) is 3.02. The van der Waals surface area contributed by atoms with Crippen LogP contribution in [-0.4, -0.2) is 87.9 Å². The van der Waals surface area contributed by atoms with Gasteiger partial charge in [0, 0.05) is 46.9 Å². The number of amides is 1. The number of hydrogen-bond donors (Lipinski definition) is 1. The van der Waals surface area contributed by atoms with Crippen LogP contribution in [-0.2, 0) is 14.3 Å². The summed E-state index contributed by atoms with van der Waals surface area (Å²) in [7, 11) is 3.39. The van der Waals surface area contributed by atoms with Crippen LogP contribution in [0.4, 0.5) is 0 Å². The molecule has 1 amide bonds. The second-order valence-electron chi connectivity index (χ2n) is 5.58. The lowest BCUT2D eigenvalue weighted by atomic mass is 9.90. The molecule has 116 valence electrons. The number of hydrogen-bond acceptors (Lipinski definition) is 5. The van der Waals surface area contributed by atoms with E-state index < -0.39 is 5.60 Å². The molecule has 0 saturated carbocycles. The number of nitrogens with one attached hydrogen (secondary N) is 1. The monoisotopic (exact) mass is 285 g/mol. The molecule has 6 heteroatoms. The molecule has 0 spiro atoms. The SMILES string of the molecule is COCCN1CCN(C(=O)C2(OC)CCNCC2)CC1. The largest absolute Gasteiger partial charge is 0.383 e. The summed E-state index contributed by atoms with van der Waals surface area (Å²) in [5.41, 5.74) is -0.597. The van der Waals surface area contributed by atoms with Gasteiger partial charge in [0.2, 0.25) is 0 Å². The van der Waals surface area contributed by atoms with Crippen LogP contribution in [0.1, 0.15) is 12.8 Å². The first-order chi connectivity index (χ1) is 9.72. The van der Waals surface area contributed by atoms with Gasteiger partial charge in [-0.3, -0.25) is 9.69 Å². The Kier molecular flexibility index (Phi) is 5.77. The summed E-state index contributed by atoms with van der Waals surface area (Å²) in [6.45, 7) is 6.84. The maximum Gasteiger partial charge on any atom is 0.254 e. The molecular weight excluding hydrogens is 258 g/mol. The van der Waals surface area contributed by atoms with Gasteiger partial charge in [0.05, 0.1) is 6.61 Å². The highest BCUT2D eigenvalue weighted by atomic mass is 16.5. The van der Waals surface area contributed by atoms with Crippen molar-refractivity contribution in [3.05, 3.63) is 0 Å². The van der Waals surface area contributed by atoms with Crippen molar-refractivity contribution in [2.24, 2.45) is 0 Å². The third-order valence-electron chi connectivity index (χ3n) is 4.46. The van der Waals surface area contributed by atoms with Crippen molar-refractivity contribution in [2.45, 2.75) is 18.4 Å². The van der Waals surface area contributed by atoms with E-state index in [-0.39, 0.29) is 5.91 Å². The summed E-state index contributed by atoms with van der Waals surface area (Å²) in [5.74, 6) is 0.174. The topological polar surface area (TPSA) is 54.0 Å². The number of carbonyl (C=O) groups excluding carboxylic acids is 1. The highest BCUT2D eigenvalue weighted by Gasteiger charge is 2.42. The number of ether oxygens (including phenoxy) is 2. The highest BCUT2D eigenvalue weighted by Crippen LogP contribution is 2.25. The van der Waals surface area contributed by atoms with E-state index in [4.69, 9.17) is 9.47 Å². The van der Waals surface area contributed by atoms with Gasteiger partial charge in [-0.25, -0.2) is 0 Å². The molecule has 0 aliphatic carbocycles. The predicted octanol–water partition coefficient (Wildman–Crippen LogP) is -0.454. The smallest absolute Gasteiger partial charge is 0.254 e. The van der Waals surface area contributed by atoms with Crippen LogP contribution < -0.4 is 5.32 Å². The Morgan fingerprint density at radius 3 is 2.35 bits per heavy atom. The minimum absolute atomic E-state index is 0.174. The first kappa shape index (κ1) is 15.7. The van der Waals surface area contributed by atoms with E-state index in [1.807, 2.05) is 4.90 Å². The summed E-state index contributed by atoms with van der Waals surface area (Å²) >= 11 is 0.